The van der Waals surface area contributed by atoms with Crippen molar-refractivity contribution < 1.29 is 9.90 Å². The molecule has 1 N–H and O–H groups in total. The van der Waals surface area contributed by atoms with Crippen LogP contribution in [0.3, 0.4) is 0 Å². The second-order valence-corrected chi connectivity index (χ2v) is 6.18. The van der Waals surface area contributed by atoms with Crippen LogP contribution in [0.15, 0.2) is 23.8 Å². The number of hydrogen-bond donors (Lipinski definition) is 1. The maximum atomic E-state index is 11.1. The van der Waals surface area contributed by atoms with Crippen molar-refractivity contribution in [2.24, 2.45) is 17.3 Å². The molecule has 0 amide bonds. The summed E-state index contributed by atoms with van der Waals surface area (Å²) in [5.41, 5.74) is 2.29. The first-order valence-corrected chi connectivity index (χ1v) is 6.52. The van der Waals surface area contributed by atoms with Crippen molar-refractivity contribution in [3.63, 3.8) is 0 Å². The zero-order chi connectivity index (χ0) is 12.6. The van der Waals surface area contributed by atoms with Crippen molar-refractivity contribution in [3.8, 4) is 0 Å². The topological polar surface area (TPSA) is 37.3 Å². The number of hydrogen-bond acceptors (Lipinski definition) is 1. The summed E-state index contributed by atoms with van der Waals surface area (Å²) in [4.78, 5) is 11.1. The molecule has 0 aromatic carbocycles. The highest BCUT2D eigenvalue weighted by Crippen LogP contribution is 2.56. The maximum absolute atomic E-state index is 11.1. The van der Waals surface area contributed by atoms with Crippen LogP contribution in [0.1, 0.15) is 46.0 Å². The highest BCUT2D eigenvalue weighted by atomic mass is 16.4. The first-order valence-electron chi connectivity index (χ1n) is 6.52. The summed E-state index contributed by atoms with van der Waals surface area (Å²) in [6, 6.07) is 0. The fourth-order valence-electron chi connectivity index (χ4n) is 3.49. The number of aliphatic carboxylic acids is 1. The minimum atomic E-state index is -0.744. The molecule has 0 radical (unpaired) electrons. The van der Waals surface area contributed by atoms with Gasteiger partial charge in [0, 0.05) is 5.57 Å². The fourth-order valence-corrected chi connectivity index (χ4v) is 3.49. The lowest BCUT2D eigenvalue weighted by molar-refractivity contribution is -0.133. The molecule has 0 bridgehead atoms. The van der Waals surface area contributed by atoms with Crippen LogP contribution in [0.4, 0.5) is 0 Å². The van der Waals surface area contributed by atoms with E-state index in [0.29, 0.717) is 29.2 Å². The zero-order valence-corrected chi connectivity index (χ0v) is 10.8. The minimum Gasteiger partial charge on any atom is -0.478 e. The maximum Gasteiger partial charge on any atom is 0.331 e. The van der Waals surface area contributed by atoms with Crippen LogP contribution in [0.5, 0.6) is 0 Å². The third-order valence-corrected chi connectivity index (χ3v) is 4.62. The molecule has 0 unspecified atom stereocenters. The molecule has 0 aliphatic heterocycles. The van der Waals surface area contributed by atoms with Crippen LogP contribution in [-0.2, 0) is 4.79 Å². The lowest BCUT2D eigenvalue weighted by atomic mass is 9.52. The van der Waals surface area contributed by atoms with Crippen molar-refractivity contribution in [3.05, 3.63) is 23.8 Å². The van der Waals surface area contributed by atoms with Gasteiger partial charge in [0.1, 0.15) is 0 Å². The first kappa shape index (κ1) is 12.4. The molecule has 2 nitrogen and oxygen atoms in total. The molecule has 2 atom stereocenters. The summed E-state index contributed by atoms with van der Waals surface area (Å²) in [5.74, 6) is 0.508. The standard InChI is InChI=1S/C15H22O2/c1-10-5-4-6-11(14(16)17)7-8-13-12(10)9-15(13,2)3/h6,12-13H,1,4-5,7-9H2,2-3H3,(H,16,17)/b11-6-/t12-,13-/m1/s1. The molecule has 0 spiro atoms. The molecular formula is C15H22O2. The van der Waals surface area contributed by atoms with Gasteiger partial charge in [0.15, 0.2) is 0 Å². The average Bonchev–Trinajstić information content (AvgIpc) is 2.28. The van der Waals surface area contributed by atoms with Crippen LogP contribution < -0.4 is 0 Å². The summed E-state index contributed by atoms with van der Waals surface area (Å²) in [6.45, 7) is 8.79. The lowest BCUT2D eigenvalue weighted by Gasteiger charge is -2.53. The second kappa shape index (κ2) is 4.32. The molecule has 2 aliphatic carbocycles. The summed E-state index contributed by atoms with van der Waals surface area (Å²) in [5, 5.41) is 9.12. The average molecular weight is 234 g/mol. The van der Waals surface area contributed by atoms with E-state index in [1.54, 1.807) is 0 Å². The number of allylic oxidation sites excluding steroid dienone is 2. The molecule has 0 heterocycles. The molecule has 17 heavy (non-hydrogen) atoms. The smallest absolute Gasteiger partial charge is 0.331 e. The Labute approximate surface area is 103 Å². The van der Waals surface area contributed by atoms with Crippen LogP contribution >= 0.6 is 0 Å². The van der Waals surface area contributed by atoms with E-state index < -0.39 is 5.97 Å². The summed E-state index contributed by atoms with van der Waals surface area (Å²) in [7, 11) is 0. The molecule has 94 valence electrons. The van der Waals surface area contributed by atoms with Crippen molar-refractivity contribution in [2.75, 3.05) is 0 Å². The Hall–Kier alpha value is -1.05. The number of carboxylic acid groups (broad SMARTS) is 1. The van der Waals surface area contributed by atoms with E-state index in [1.807, 2.05) is 6.08 Å². The number of carboxylic acids is 1. The summed E-state index contributed by atoms with van der Waals surface area (Å²) in [6.07, 6.45) is 6.62. The molecule has 0 saturated heterocycles. The van der Waals surface area contributed by atoms with E-state index in [0.717, 1.165) is 19.3 Å². The minimum absolute atomic E-state index is 0.363. The van der Waals surface area contributed by atoms with Crippen LogP contribution in [0.2, 0.25) is 0 Å². The highest BCUT2D eigenvalue weighted by molar-refractivity contribution is 5.86. The molecule has 2 heteroatoms. The molecule has 1 fully saturated rings. The predicted molar refractivity (Wildman–Crippen MR) is 68.7 cm³/mol. The normalized spacial score (nSPS) is 35.4. The number of carbonyl (C=O) groups is 1. The Morgan fingerprint density at radius 2 is 2.18 bits per heavy atom. The van der Waals surface area contributed by atoms with Crippen LogP contribution in [0, 0.1) is 17.3 Å². The summed E-state index contributed by atoms with van der Waals surface area (Å²) < 4.78 is 0. The van der Waals surface area contributed by atoms with E-state index in [1.165, 1.54) is 12.0 Å². The van der Waals surface area contributed by atoms with Gasteiger partial charge in [-0.2, -0.15) is 0 Å². The Bertz CT molecular complexity index is 376. The predicted octanol–water partition coefficient (Wildman–Crippen LogP) is 3.79. The van der Waals surface area contributed by atoms with Gasteiger partial charge in [-0.05, 0) is 49.4 Å². The van der Waals surface area contributed by atoms with Crippen LogP contribution in [-0.4, -0.2) is 11.1 Å². The van der Waals surface area contributed by atoms with Gasteiger partial charge in [-0.15, -0.1) is 0 Å². The van der Waals surface area contributed by atoms with Crippen molar-refractivity contribution in [2.45, 2.75) is 46.0 Å². The molecule has 0 aromatic heterocycles. The molecule has 2 aliphatic rings. The van der Waals surface area contributed by atoms with E-state index in [2.05, 4.69) is 20.4 Å². The van der Waals surface area contributed by atoms with E-state index >= 15 is 0 Å². The van der Waals surface area contributed by atoms with Gasteiger partial charge in [-0.25, -0.2) is 4.79 Å². The van der Waals surface area contributed by atoms with Gasteiger partial charge in [-0.1, -0.05) is 32.1 Å². The monoisotopic (exact) mass is 234 g/mol. The molecule has 2 rings (SSSR count). The van der Waals surface area contributed by atoms with Gasteiger partial charge in [0.05, 0.1) is 0 Å². The van der Waals surface area contributed by atoms with Crippen molar-refractivity contribution >= 4 is 5.97 Å². The van der Waals surface area contributed by atoms with Gasteiger partial charge in [0.25, 0.3) is 0 Å². The summed E-state index contributed by atoms with van der Waals surface area (Å²) >= 11 is 0. The Morgan fingerprint density at radius 3 is 2.76 bits per heavy atom. The van der Waals surface area contributed by atoms with Gasteiger partial charge >= 0.3 is 5.97 Å². The second-order valence-electron chi connectivity index (χ2n) is 6.18. The number of fused-ring (bicyclic) bond motifs is 1. The van der Waals surface area contributed by atoms with Gasteiger partial charge < -0.3 is 5.11 Å². The Kier molecular flexibility index (Phi) is 3.15. The van der Waals surface area contributed by atoms with Crippen molar-refractivity contribution in [1.82, 2.24) is 0 Å². The molecule has 1 saturated carbocycles. The Morgan fingerprint density at radius 1 is 1.47 bits per heavy atom. The third-order valence-electron chi connectivity index (χ3n) is 4.62. The third kappa shape index (κ3) is 2.31. The SMILES string of the molecule is C=C1CC/C=C(\C(=O)O)CC[C@@H]2[C@@H]1CC2(C)C. The van der Waals surface area contributed by atoms with Gasteiger partial charge in [0.2, 0.25) is 0 Å². The quantitative estimate of drug-likeness (QED) is 0.701. The van der Waals surface area contributed by atoms with E-state index in [4.69, 9.17) is 5.11 Å². The highest BCUT2D eigenvalue weighted by Gasteiger charge is 2.47. The fraction of sp³-hybridized carbons (Fsp3) is 0.667. The van der Waals surface area contributed by atoms with E-state index in [-0.39, 0.29) is 0 Å². The van der Waals surface area contributed by atoms with Gasteiger partial charge in [-0.3, -0.25) is 0 Å². The first-order chi connectivity index (χ1) is 7.92. The zero-order valence-electron chi connectivity index (χ0n) is 10.8. The van der Waals surface area contributed by atoms with Crippen LogP contribution in [0.25, 0.3) is 0 Å². The van der Waals surface area contributed by atoms with E-state index in [9.17, 15) is 4.79 Å². The lowest BCUT2D eigenvalue weighted by Crippen LogP contribution is -2.44. The number of rotatable bonds is 1. The Balaban J connectivity index is 2.15. The largest absolute Gasteiger partial charge is 0.478 e. The molecule has 0 aromatic rings. The molecular weight excluding hydrogens is 212 g/mol. The van der Waals surface area contributed by atoms with Crippen molar-refractivity contribution in [1.29, 1.82) is 0 Å².